The van der Waals surface area contributed by atoms with Crippen LogP contribution in [0.25, 0.3) is 0 Å². The molecular weight excluding hydrogens is 200 g/mol. The van der Waals surface area contributed by atoms with Crippen LogP contribution in [0.3, 0.4) is 0 Å². The number of benzene rings is 1. The van der Waals surface area contributed by atoms with Crippen LogP contribution in [0.5, 0.6) is 0 Å². The fourth-order valence-electron chi connectivity index (χ4n) is 3.04. The predicted octanol–water partition coefficient (Wildman–Crippen LogP) is 4.35. The van der Waals surface area contributed by atoms with Gasteiger partial charge in [0.15, 0.2) is 0 Å². The second kappa shape index (κ2) is 3.55. The van der Waals surface area contributed by atoms with Gasteiger partial charge in [-0.1, -0.05) is 37.0 Å². The number of hydrogen-bond donors (Lipinski definition) is 0. The summed E-state index contributed by atoms with van der Waals surface area (Å²) in [6.07, 6.45) is 8.54. The van der Waals surface area contributed by atoms with E-state index in [1.165, 1.54) is 44.1 Å². The summed E-state index contributed by atoms with van der Waals surface area (Å²) in [6, 6.07) is 6.98. The normalized spacial score (nSPS) is 23.0. The highest BCUT2D eigenvalue weighted by Gasteiger charge is 2.38. The van der Waals surface area contributed by atoms with Gasteiger partial charge in [0.05, 0.1) is 0 Å². The second-order valence-corrected chi connectivity index (χ2v) is 6.64. The standard InChI is InChI=1S/C14H18S/c1-11-5-6-13-12(9-11)10-14(15-13)7-3-2-4-8-14/h5-6,9H,2-4,7-8,10H2,1H3. The Morgan fingerprint density at radius 1 is 1.13 bits per heavy atom. The highest BCUT2D eigenvalue weighted by atomic mass is 32.2. The lowest BCUT2D eigenvalue weighted by molar-refractivity contribution is 0.400. The van der Waals surface area contributed by atoms with E-state index in [0.717, 1.165) is 0 Å². The molecule has 0 aromatic heterocycles. The summed E-state index contributed by atoms with van der Waals surface area (Å²) in [4.78, 5) is 1.56. The van der Waals surface area contributed by atoms with E-state index in [2.05, 4.69) is 36.9 Å². The van der Waals surface area contributed by atoms with Crippen LogP contribution in [-0.2, 0) is 6.42 Å². The smallest absolute Gasteiger partial charge is 0.0248 e. The zero-order valence-corrected chi connectivity index (χ0v) is 10.2. The molecule has 1 aliphatic carbocycles. The van der Waals surface area contributed by atoms with Crippen LogP contribution in [0.4, 0.5) is 0 Å². The molecule has 0 radical (unpaired) electrons. The van der Waals surface area contributed by atoms with Crippen molar-refractivity contribution in [3.63, 3.8) is 0 Å². The van der Waals surface area contributed by atoms with Crippen LogP contribution in [0.2, 0.25) is 0 Å². The van der Waals surface area contributed by atoms with Crippen molar-refractivity contribution in [2.24, 2.45) is 0 Å². The molecule has 0 N–H and O–H groups in total. The number of rotatable bonds is 0. The first kappa shape index (κ1) is 9.77. The molecule has 2 aliphatic rings. The van der Waals surface area contributed by atoms with Crippen molar-refractivity contribution in [1.29, 1.82) is 0 Å². The molecule has 0 atom stereocenters. The largest absolute Gasteiger partial charge is 0.119 e. The zero-order valence-electron chi connectivity index (χ0n) is 9.38. The summed E-state index contributed by atoms with van der Waals surface area (Å²) in [6.45, 7) is 2.21. The highest BCUT2D eigenvalue weighted by molar-refractivity contribution is 8.01. The summed E-state index contributed by atoms with van der Waals surface area (Å²) < 4.78 is 0.592. The van der Waals surface area contributed by atoms with Gasteiger partial charge in [0, 0.05) is 9.64 Å². The van der Waals surface area contributed by atoms with Gasteiger partial charge in [0.2, 0.25) is 0 Å². The zero-order chi connectivity index (χ0) is 10.3. The quantitative estimate of drug-likeness (QED) is 0.624. The molecule has 0 nitrogen and oxygen atoms in total. The van der Waals surface area contributed by atoms with Gasteiger partial charge in [-0.2, -0.15) is 0 Å². The van der Waals surface area contributed by atoms with E-state index in [1.54, 1.807) is 10.5 Å². The van der Waals surface area contributed by atoms with Crippen molar-refractivity contribution in [2.45, 2.75) is 55.1 Å². The highest BCUT2D eigenvalue weighted by Crippen LogP contribution is 2.52. The lowest BCUT2D eigenvalue weighted by Crippen LogP contribution is -2.26. The average molecular weight is 218 g/mol. The van der Waals surface area contributed by atoms with Crippen molar-refractivity contribution in [2.75, 3.05) is 0 Å². The summed E-state index contributed by atoms with van der Waals surface area (Å²) in [5, 5.41) is 0. The van der Waals surface area contributed by atoms with Crippen LogP contribution < -0.4 is 0 Å². The van der Waals surface area contributed by atoms with Crippen LogP contribution in [-0.4, -0.2) is 4.75 Å². The lowest BCUT2D eigenvalue weighted by Gasteiger charge is -2.32. The molecule has 1 fully saturated rings. The van der Waals surface area contributed by atoms with Crippen molar-refractivity contribution >= 4 is 11.8 Å². The molecule has 1 aliphatic heterocycles. The Kier molecular flexibility index (Phi) is 2.31. The van der Waals surface area contributed by atoms with E-state index in [9.17, 15) is 0 Å². The van der Waals surface area contributed by atoms with Crippen LogP contribution in [0.1, 0.15) is 43.2 Å². The summed E-state index contributed by atoms with van der Waals surface area (Å²) >= 11 is 2.17. The minimum absolute atomic E-state index is 0.592. The Morgan fingerprint density at radius 2 is 1.93 bits per heavy atom. The van der Waals surface area contributed by atoms with Gasteiger partial charge >= 0.3 is 0 Å². The SMILES string of the molecule is Cc1ccc2c(c1)CC1(CCCCC1)S2. The maximum atomic E-state index is 2.39. The molecule has 0 amide bonds. The van der Waals surface area contributed by atoms with E-state index in [4.69, 9.17) is 0 Å². The number of fused-ring (bicyclic) bond motifs is 1. The first-order valence-corrected chi connectivity index (χ1v) is 6.88. The number of aryl methyl sites for hydroxylation is 1. The number of thioether (sulfide) groups is 1. The minimum atomic E-state index is 0.592. The first-order valence-electron chi connectivity index (χ1n) is 6.06. The number of hydrogen-bond acceptors (Lipinski definition) is 1. The van der Waals surface area contributed by atoms with Crippen molar-refractivity contribution in [1.82, 2.24) is 0 Å². The van der Waals surface area contributed by atoms with Gasteiger partial charge in [-0.15, -0.1) is 11.8 Å². The van der Waals surface area contributed by atoms with E-state index in [1.807, 2.05) is 0 Å². The third-order valence-electron chi connectivity index (χ3n) is 3.82. The van der Waals surface area contributed by atoms with E-state index in [-0.39, 0.29) is 0 Å². The van der Waals surface area contributed by atoms with Crippen molar-refractivity contribution in [3.8, 4) is 0 Å². The van der Waals surface area contributed by atoms with Crippen LogP contribution in [0, 0.1) is 6.92 Å². The molecule has 1 spiro atoms. The van der Waals surface area contributed by atoms with E-state index >= 15 is 0 Å². The summed E-state index contributed by atoms with van der Waals surface area (Å²) in [5.74, 6) is 0. The Bertz CT molecular complexity index is 375. The monoisotopic (exact) mass is 218 g/mol. The topological polar surface area (TPSA) is 0 Å². The fourth-order valence-corrected chi connectivity index (χ4v) is 4.62. The van der Waals surface area contributed by atoms with Crippen molar-refractivity contribution < 1.29 is 0 Å². The average Bonchev–Trinajstić information content (AvgIpc) is 2.56. The van der Waals surface area contributed by atoms with E-state index in [0.29, 0.717) is 4.75 Å². The molecule has 1 aromatic rings. The first-order chi connectivity index (χ1) is 7.27. The fraction of sp³-hybridized carbons (Fsp3) is 0.571. The molecule has 15 heavy (non-hydrogen) atoms. The molecular formula is C14H18S. The summed E-state index contributed by atoms with van der Waals surface area (Å²) in [5.41, 5.74) is 3.03. The Hall–Kier alpha value is -0.430. The van der Waals surface area contributed by atoms with Gasteiger partial charge < -0.3 is 0 Å². The Balaban J connectivity index is 1.90. The molecule has 3 rings (SSSR count). The predicted molar refractivity (Wildman–Crippen MR) is 66.6 cm³/mol. The molecule has 0 saturated heterocycles. The minimum Gasteiger partial charge on any atom is -0.119 e. The van der Waals surface area contributed by atoms with E-state index < -0.39 is 0 Å². The Labute approximate surface area is 96.5 Å². The lowest BCUT2D eigenvalue weighted by atomic mass is 9.84. The van der Waals surface area contributed by atoms with Gasteiger partial charge in [0.25, 0.3) is 0 Å². The van der Waals surface area contributed by atoms with Crippen molar-refractivity contribution in [3.05, 3.63) is 29.3 Å². The van der Waals surface area contributed by atoms with Crippen LogP contribution >= 0.6 is 11.8 Å². The third kappa shape index (κ3) is 1.71. The molecule has 1 saturated carbocycles. The maximum Gasteiger partial charge on any atom is 0.0248 e. The maximum absolute atomic E-state index is 2.39. The van der Waals surface area contributed by atoms with Gasteiger partial charge in [-0.25, -0.2) is 0 Å². The second-order valence-electron chi connectivity index (χ2n) is 5.13. The Morgan fingerprint density at radius 3 is 2.73 bits per heavy atom. The van der Waals surface area contributed by atoms with Crippen LogP contribution in [0.15, 0.2) is 23.1 Å². The third-order valence-corrected chi connectivity index (χ3v) is 5.42. The molecule has 0 unspecified atom stereocenters. The van der Waals surface area contributed by atoms with Gasteiger partial charge in [-0.3, -0.25) is 0 Å². The summed E-state index contributed by atoms with van der Waals surface area (Å²) in [7, 11) is 0. The van der Waals surface area contributed by atoms with Gasteiger partial charge in [-0.05, 0) is 37.8 Å². The molecule has 1 heteroatoms. The molecule has 1 heterocycles. The molecule has 80 valence electrons. The molecule has 0 bridgehead atoms. The van der Waals surface area contributed by atoms with Gasteiger partial charge in [0.1, 0.15) is 0 Å². The molecule has 1 aromatic carbocycles.